The maximum atomic E-state index is 12.7. The van der Waals surface area contributed by atoms with Crippen molar-refractivity contribution in [1.29, 1.82) is 5.41 Å². The minimum absolute atomic E-state index is 0.0788. The van der Waals surface area contributed by atoms with Crippen LogP contribution in [0.3, 0.4) is 0 Å². The maximum Gasteiger partial charge on any atom is 0.237 e. The lowest BCUT2D eigenvalue weighted by Crippen LogP contribution is -2.52. The number of nitrogens with zero attached hydrogens (tertiary/aromatic N) is 2. The summed E-state index contributed by atoms with van der Waals surface area (Å²) in [5.74, 6) is 2.19. The fraction of sp³-hybridized carbons (Fsp3) is 0.467. The molecule has 1 heterocycles. The van der Waals surface area contributed by atoms with Crippen molar-refractivity contribution in [3.63, 3.8) is 0 Å². The second-order valence-electron chi connectivity index (χ2n) is 10.8. The number of benzene rings is 2. The second-order valence-corrected chi connectivity index (χ2v) is 10.8. The van der Waals surface area contributed by atoms with Crippen LogP contribution in [-0.2, 0) is 4.79 Å². The van der Waals surface area contributed by atoms with Crippen LogP contribution in [0.1, 0.15) is 51.5 Å². The van der Waals surface area contributed by atoms with Crippen molar-refractivity contribution < 1.29 is 9.53 Å². The van der Waals surface area contributed by atoms with E-state index in [-0.39, 0.29) is 24.0 Å². The van der Waals surface area contributed by atoms with Gasteiger partial charge in [-0.3, -0.25) is 9.79 Å². The SMILES string of the molecule is CNC(CC(C)C)C(=O)NC1CCC(NC2=NC=NC(N)C2C(=N)c2ccc(Oc3ccccc3)cc2)CC1. The Hall–Kier alpha value is -3.56. The fourth-order valence-corrected chi connectivity index (χ4v) is 5.16. The number of aliphatic imine (C=N–C) groups is 2. The Morgan fingerprint density at radius 1 is 1.03 bits per heavy atom. The van der Waals surface area contributed by atoms with E-state index in [4.69, 9.17) is 15.9 Å². The van der Waals surface area contributed by atoms with Crippen LogP contribution in [0.25, 0.3) is 0 Å². The third-order valence-electron chi connectivity index (χ3n) is 7.32. The molecule has 9 nitrogen and oxygen atoms in total. The summed E-state index contributed by atoms with van der Waals surface area (Å²) in [5.41, 5.74) is 7.47. The van der Waals surface area contributed by atoms with Crippen molar-refractivity contribution in [1.82, 2.24) is 16.0 Å². The van der Waals surface area contributed by atoms with Crippen LogP contribution in [0.4, 0.5) is 0 Å². The quantitative estimate of drug-likeness (QED) is 0.297. The number of nitrogens with one attached hydrogen (secondary N) is 4. The number of hydrogen-bond acceptors (Lipinski definition) is 8. The molecule has 3 unspecified atom stereocenters. The average molecular weight is 532 g/mol. The van der Waals surface area contributed by atoms with E-state index in [1.165, 1.54) is 6.34 Å². The number of carbonyl (C=O) groups excluding carboxylic acids is 1. The van der Waals surface area contributed by atoms with E-state index in [1.54, 1.807) is 0 Å². The molecule has 208 valence electrons. The second kappa shape index (κ2) is 13.5. The molecule has 0 radical (unpaired) electrons. The highest BCUT2D eigenvalue weighted by molar-refractivity contribution is 6.15. The number of likely N-dealkylation sites (N-methyl/N-ethyl adjacent to an activating group) is 1. The van der Waals surface area contributed by atoms with Crippen LogP contribution in [0.2, 0.25) is 0 Å². The molecular formula is C30H41N7O2. The number of rotatable bonds is 10. The van der Waals surface area contributed by atoms with Gasteiger partial charge in [0.2, 0.25) is 5.91 Å². The molecule has 1 fully saturated rings. The van der Waals surface area contributed by atoms with Crippen LogP contribution in [0, 0.1) is 17.2 Å². The highest BCUT2D eigenvalue weighted by Gasteiger charge is 2.33. The molecule has 39 heavy (non-hydrogen) atoms. The molecule has 0 spiro atoms. The van der Waals surface area contributed by atoms with E-state index in [1.807, 2.05) is 61.6 Å². The predicted molar refractivity (Wildman–Crippen MR) is 157 cm³/mol. The van der Waals surface area contributed by atoms with Gasteiger partial charge in [0, 0.05) is 12.1 Å². The Morgan fingerprint density at radius 2 is 1.67 bits per heavy atom. The van der Waals surface area contributed by atoms with E-state index in [0.717, 1.165) is 43.4 Å². The molecule has 1 amide bonds. The van der Waals surface area contributed by atoms with Crippen molar-refractivity contribution >= 4 is 23.8 Å². The van der Waals surface area contributed by atoms with Crippen molar-refractivity contribution in [2.45, 2.75) is 70.2 Å². The predicted octanol–water partition coefficient (Wildman–Crippen LogP) is 3.84. The maximum absolute atomic E-state index is 12.7. The third-order valence-corrected chi connectivity index (χ3v) is 7.32. The topological polar surface area (TPSA) is 137 Å². The van der Waals surface area contributed by atoms with Gasteiger partial charge < -0.3 is 31.8 Å². The number of hydrogen-bond donors (Lipinski definition) is 5. The third kappa shape index (κ3) is 7.74. The smallest absolute Gasteiger partial charge is 0.237 e. The van der Waals surface area contributed by atoms with Crippen LogP contribution >= 0.6 is 0 Å². The molecule has 0 bridgehead atoms. The van der Waals surface area contributed by atoms with Gasteiger partial charge in [-0.05, 0) is 87.0 Å². The average Bonchev–Trinajstić information content (AvgIpc) is 2.93. The molecule has 2 aliphatic rings. The summed E-state index contributed by atoms with van der Waals surface area (Å²) in [6.45, 7) is 4.25. The molecule has 2 aromatic rings. The fourth-order valence-electron chi connectivity index (χ4n) is 5.16. The first-order chi connectivity index (χ1) is 18.8. The van der Waals surface area contributed by atoms with Crippen LogP contribution < -0.4 is 26.4 Å². The monoisotopic (exact) mass is 531 g/mol. The number of ether oxygens (including phenoxy) is 1. The minimum atomic E-state index is -0.590. The van der Waals surface area contributed by atoms with Crippen molar-refractivity contribution in [3.05, 3.63) is 60.2 Å². The van der Waals surface area contributed by atoms with Gasteiger partial charge in [0.1, 0.15) is 29.8 Å². The zero-order valence-electron chi connectivity index (χ0n) is 23.1. The molecule has 0 aromatic heterocycles. The normalized spacial score (nSPS) is 23.6. The van der Waals surface area contributed by atoms with Crippen LogP contribution in [0.5, 0.6) is 11.5 Å². The zero-order chi connectivity index (χ0) is 27.8. The minimum Gasteiger partial charge on any atom is -0.457 e. The summed E-state index contributed by atoms with van der Waals surface area (Å²) in [6.07, 6.45) is 5.28. The van der Waals surface area contributed by atoms with Gasteiger partial charge >= 0.3 is 0 Å². The summed E-state index contributed by atoms with van der Waals surface area (Å²) in [4.78, 5) is 21.5. The van der Waals surface area contributed by atoms with Crippen molar-refractivity contribution in [3.8, 4) is 11.5 Å². The number of para-hydroxylation sites is 1. The molecule has 2 aromatic carbocycles. The van der Waals surface area contributed by atoms with E-state index < -0.39 is 12.1 Å². The molecule has 9 heteroatoms. The highest BCUT2D eigenvalue weighted by Crippen LogP contribution is 2.25. The summed E-state index contributed by atoms with van der Waals surface area (Å²) < 4.78 is 5.89. The first-order valence-electron chi connectivity index (χ1n) is 13.8. The van der Waals surface area contributed by atoms with Gasteiger partial charge in [-0.25, -0.2) is 4.99 Å². The van der Waals surface area contributed by atoms with E-state index >= 15 is 0 Å². The highest BCUT2D eigenvalue weighted by atomic mass is 16.5. The Bertz CT molecular complexity index is 1160. The molecule has 3 atom stereocenters. The molecule has 1 saturated carbocycles. The first kappa shape index (κ1) is 28.4. The van der Waals surface area contributed by atoms with E-state index in [0.29, 0.717) is 23.2 Å². The molecular weight excluding hydrogens is 490 g/mol. The van der Waals surface area contributed by atoms with Gasteiger partial charge in [0.05, 0.1) is 17.7 Å². The number of nitrogens with two attached hydrogens (primary N) is 1. The summed E-state index contributed by atoms with van der Waals surface area (Å²) >= 11 is 0. The van der Waals surface area contributed by atoms with Gasteiger partial charge in [-0.2, -0.15) is 0 Å². The summed E-state index contributed by atoms with van der Waals surface area (Å²) in [6, 6.07) is 17.2. The van der Waals surface area contributed by atoms with Crippen LogP contribution in [0.15, 0.2) is 64.6 Å². The summed E-state index contributed by atoms with van der Waals surface area (Å²) in [5, 5.41) is 18.9. The van der Waals surface area contributed by atoms with E-state index in [2.05, 4.69) is 39.8 Å². The molecule has 1 aliphatic carbocycles. The van der Waals surface area contributed by atoms with Gasteiger partial charge in [-0.1, -0.05) is 32.0 Å². The first-order valence-corrected chi connectivity index (χ1v) is 13.8. The zero-order valence-corrected chi connectivity index (χ0v) is 23.1. The number of carbonyl (C=O) groups is 1. The Labute approximate surface area is 231 Å². The standard InChI is InChI=1S/C30H41N7O2/c1-19(2)17-25(33-3)30(38)37-22-13-11-21(12-14-22)36-29-26(28(32)34-18-35-29)27(31)20-9-15-24(16-10-20)39-23-7-5-4-6-8-23/h4-10,15-16,18-19,21-22,25-26,28,31,33H,11-14,17,32H2,1-3H3,(H,37,38)(H,34,35,36). The Balaban J connectivity index is 1.33. The van der Waals surface area contributed by atoms with E-state index in [9.17, 15) is 4.79 Å². The van der Waals surface area contributed by atoms with Gasteiger partial charge in [-0.15, -0.1) is 0 Å². The molecule has 4 rings (SSSR count). The summed E-state index contributed by atoms with van der Waals surface area (Å²) in [7, 11) is 1.84. The lowest BCUT2D eigenvalue weighted by atomic mass is 9.88. The largest absolute Gasteiger partial charge is 0.457 e. The molecule has 6 N–H and O–H groups in total. The van der Waals surface area contributed by atoms with Crippen LogP contribution in [-0.4, -0.2) is 55.1 Å². The lowest BCUT2D eigenvalue weighted by molar-refractivity contribution is -0.124. The lowest BCUT2D eigenvalue weighted by Gasteiger charge is -2.34. The molecule has 0 saturated heterocycles. The van der Waals surface area contributed by atoms with Gasteiger partial charge in [0.25, 0.3) is 0 Å². The van der Waals surface area contributed by atoms with Crippen molar-refractivity contribution in [2.75, 3.05) is 7.05 Å². The van der Waals surface area contributed by atoms with Crippen molar-refractivity contribution in [2.24, 2.45) is 27.6 Å². The number of amidine groups is 1. The van der Waals surface area contributed by atoms with Gasteiger partial charge in [0.15, 0.2) is 0 Å². The number of amides is 1. The Morgan fingerprint density at radius 3 is 2.31 bits per heavy atom. The molecule has 1 aliphatic heterocycles. The Kier molecular flexibility index (Phi) is 9.84.